The summed E-state index contributed by atoms with van der Waals surface area (Å²) in [5.74, 6) is -1.09. The fourth-order valence-corrected chi connectivity index (χ4v) is 3.02. The molecule has 1 unspecified atom stereocenters. The van der Waals surface area contributed by atoms with Crippen LogP contribution in [0.15, 0.2) is 16.3 Å². The first kappa shape index (κ1) is 18.5. The van der Waals surface area contributed by atoms with Gasteiger partial charge in [-0.05, 0) is 38.0 Å². The normalized spacial score (nSPS) is 18.8. The number of esters is 1. The van der Waals surface area contributed by atoms with E-state index in [4.69, 9.17) is 15.3 Å². The van der Waals surface area contributed by atoms with Crippen LogP contribution in [0.3, 0.4) is 0 Å². The number of hydrogen-bond acceptors (Lipinski definition) is 8. The van der Waals surface area contributed by atoms with E-state index in [1.165, 1.54) is 11.8 Å². The molecule has 0 spiro atoms. The van der Waals surface area contributed by atoms with E-state index in [2.05, 4.69) is 15.0 Å². The molecule has 0 amide bonds. The molecule has 0 saturated heterocycles. The van der Waals surface area contributed by atoms with Crippen LogP contribution in [0.2, 0.25) is 0 Å². The van der Waals surface area contributed by atoms with Crippen molar-refractivity contribution < 1.29 is 14.6 Å². The van der Waals surface area contributed by atoms with Crippen LogP contribution in [0, 0.1) is 11.3 Å². The van der Waals surface area contributed by atoms with E-state index in [1.807, 2.05) is 6.26 Å². The largest absolute Gasteiger partial charge is 0.462 e. The summed E-state index contributed by atoms with van der Waals surface area (Å²) < 4.78 is 4.98. The van der Waals surface area contributed by atoms with Gasteiger partial charge in [-0.2, -0.15) is 0 Å². The molecule has 1 aliphatic rings. The molecule has 1 aromatic rings. The number of thioether (sulfide) groups is 1. The van der Waals surface area contributed by atoms with Gasteiger partial charge in [-0.3, -0.25) is 10.4 Å². The number of rotatable bonds is 6. The van der Waals surface area contributed by atoms with E-state index >= 15 is 0 Å². The molecule has 0 saturated carbocycles. The van der Waals surface area contributed by atoms with Crippen molar-refractivity contribution >= 4 is 29.2 Å². The standard InChI is InChI=1S/C16H22N4O3S/c1-3-23-15(22)12(17)11-6-4-5-10-9-19-16(24-2)20-13(10)14(11)18-7-8-21/h9,11,17,21H,3-8H2,1-2H3. The summed E-state index contributed by atoms with van der Waals surface area (Å²) in [6.45, 7) is 2.05. The lowest BCUT2D eigenvalue weighted by atomic mass is 9.92. The van der Waals surface area contributed by atoms with Gasteiger partial charge in [-0.1, -0.05) is 11.8 Å². The van der Waals surface area contributed by atoms with Gasteiger partial charge in [0, 0.05) is 6.20 Å². The van der Waals surface area contributed by atoms with Crippen LogP contribution >= 0.6 is 11.8 Å². The minimum atomic E-state index is -0.623. The summed E-state index contributed by atoms with van der Waals surface area (Å²) in [6.07, 6.45) is 5.88. The zero-order valence-electron chi connectivity index (χ0n) is 13.9. The highest BCUT2D eigenvalue weighted by Gasteiger charge is 2.32. The number of aryl methyl sites for hydroxylation is 1. The maximum Gasteiger partial charge on any atom is 0.352 e. The van der Waals surface area contributed by atoms with E-state index in [9.17, 15) is 4.79 Å². The summed E-state index contributed by atoms with van der Waals surface area (Å²) in [5.41, 5.74) is 2.11. The lowest BCUT2D eigenvalue weighted by molar-refractivity contribution is -0.135. The Hall–Kier alpha value is -1.80. The van der Waals surface area contributed by atoms with Crippen molar-refractivity contribution in [1.29, 1.82) is 5.41 Å². The summed E-state index contributed by atoms with van der Waals surface area (Å²) in [6, 6.07) is 0. The smallest absolute Gasteiger partial charge is 0.352 e. The van der Waals surface area contributed by atoms with Gasteiger partial charge in [-0.25, -0.2) is 14.8 Å². The molecule has 0 bridgehead atoms. The molecule has 0 aliphatic heterocycles. The van der Waals surface area contributed by atoms with Crippen LogP contribution in [-0.2, 0) is 16.0 Å². The minimum absolute atomic E-state index is 0.0985. The summed E-state index contributed by atoms with van der Waals surface area (Å²) in [4.78, 5) is 25.3. The molecule has 1 heterocycles. The lowest BCUT2D eigenvalue weighted by Gasteiger charge is -2.18. The first-order valence-electron chi connectivity index (χ1n) is 7.93. The zero-order chi connectivity index (χ0) is 17.5. The first-order chi connectivity index (χ1) is 11.6. The summed E-state index contributed by atoms with van der Waals surface area (Å²) in [5, 5.41) is 18.0. The number of carbonyl (C=O) groups excluding carboxylic acids is 1. The number of nitrogens with zero attached hydrogens (tertiary/aromatic N) is 3. The molecule has 1 aromatic heterocycles. The molecule has 2 N–H and O–H groups in total. The zero-order valence-corrected chi connectivity index (χ0v) is 14.7. The van der Waals surface area contributed by atoms with E-state index < -0.39 is 11.9 Å². The van der Waals surface area contributed by atoms with Crippen LogP contribution in [0.4, 0.5) is 0 Å². The number of hydrogen-bond donors (Lipinski definition) is 2. The van der Waals surface area contributed by atoms with Gasteiger partial charge in [0.15, 0.2) is 5.16 Å². The molecule has 24 heavy (non-hydrogen) atoms. The number of aliphatic hydroxyl groups excluding tert-OH is 1. The molecule has 7 nitrogen and oxygen atoms in total. The molecule has 8 heteroatoms. The average Bonchev–Trinajstić information content (AvgIpc) is 2.78. The number of fused-ring (bicyclic) bond motifs is 1. The molecule has 130 valence electrons. The summed E-state index contributed by atoms with van der Waals surface area (Å²) in [7, 11) is 0. The van der Waals surface area contributed by atoms with Crippen molar-refractivity contribution in [3.05, 3.63) is 17.5 Å². The van der Waals surface area contributed by atoms with Crippen molar-refractivity contribution in [2.75, 3.05) is 26.0 Å². The van der Waals surface area contributed by atoms with E-state index in [1.54, 1.807) is 13.1 Å². The fourth-order valence-electron chi connectivity index (χ4n) is 2.68. The lowest BCUT2D eigenvalue weighted by Crippen LogP contribution is -2.32. The SMILES string of the molecule is CCOC(=O)C(=N)C1CCCc2cnc(SC)nc2C1=NCCO. The van der Waals surface area contributed by atoms with Crippen molar-refractivity contribution in [2.45, 2.75) is 31.3 Å². The number of ether oxygens (including phenoxy) is 1. The highest BCUT2D eigenvalue weighted by Crippen LogP contribution is 2.26. The Morgan fingerprint density at radius 2 is 2.38 bits per heavy atom. The molecule has 0 fully saturated rings. The molecular formula is C16H22N4O3S. The molecule has 1 atom stereocenters. The number of aromatic nitrogens is 2. The Kier molecular flexibility index (Phi) is 6.86. The number of nitrogens with one attached hydrogen (secondary N) is 1. The van der Waals surface area contributed by atoms with Crippen LogP contribution < -0.4 is 0 Å². The van der Waals surface area contributed by atoms with E-state index in [-0.39, 0.29) is 25.5 Å². The third-order valence-electron chi connectivity index (χ3n) is 3.76. The van der Waals surface area contributed by atoms with Crippen molar-refractivity contribution in [3.8, 4) is 0 Å². The maximum atomic E-state index is 12.0. The second kappa shape index (κ2) is 8.89. The predicted octanol–water partition coefficient (Wildman–Crippen LogP) is 1.52. The third-order valence-corrected chi connectivity index (χ3v) is 4.32. The monoisotopic (exact) mass is 350 g/mol. The number of carbonyl (C=O) groups is 1. The predicted molar refractivity (Wildman–Crippen MR) is 93.1 cm³/mol. The molecule has 0 aromatic carbocycles. The maximum absolute atomic E-state index is 12.0. The van der Waals surface area contributed by atoms with Crippen molar-refractivity contribution in [1.82, 2.24) is 9.97 Å². The Morgan fingerprint density at radius 3 is 3.04 bits per heavy atom. The minimum Gasteiger partial charge on any atom is -0.462 e. The van der Waals surface area contributed by atoms with E-state index in [0.717, 1.165) is 18.4 Å². The Morgan fingerprint density at radius 1 is 1.58 bits per heavy atom. The highest BCUT2D eigenvalue weighted by molar-refractivity contribution is 7.98. The first-order valence-corrected chi connectivity index (χ1v) is 9.15. The van der Waals surface area contributed by atoms with Crippen LogP contribution in [0.5, 0.6) is 0 Å². The van der Waals surface area contributed by atoms with Crippen molar-refractivity contribution in [2.24, 2.45) is 10.9 Å². The van der Waals surface area contributed by atoms with Gasteiger partial charge < -0.3 is 9.84 Å². The Labute approximate surface area is 145 Å². The fraction of sp³-hybridized carbons (Fsp3) is 0.562. The number of aliphatic imine (C=N–C) groups is 1. The molecule has 2 rings (SSSR count). The van der Waals surface area contributed by atoms with E-state index in [0.29, 0.717) is 23.0 Å². The van der Waals surface area contributed by atoms with Crippen LogP contribution in [0.25, 0.3) is 0 Å². The molecular weight excluding hydrogens is 328 g/mol. The second-order valence-electron chi connectivity index (χ2n) is 5.30. The van der Waals surface area contributed by atoms with Crippen LogP contribution in [-0.4, -0.2) is 58.5 Å². The van der Waals surface area contributed by atoms with Gasteiger partial charge in [0.1, 0.15) is 5.71 Å². The Balaban J connectivity index is 2.47. The topological polar surface area (TPSA) is 109 Å². The average molecular weight is 350 g/mol. The molecule has 0 radical (unpaired) electrons. The van der Waals surface area contributed by atoms with Gasteiger partial charge in [-0.15, -0.1) is 0 Å². The van der Waals surface area contributed by atoms with Gasteiger partial charge in [0.2, 0.25) is 0 Å². The van der Waals surface area contributed by atoms with Gasteiger partial charge in [0.05, 0.1) is 37.1 Å². The second-order valence-corrected chi connectivity index (χ2v) is 6.07. The van der Waals surface area contributed by atoms with Gasteiger partial charge in [0.25, 0.3) is 0 Å². The number of aliphatic hydroxyl groups is 1. The van der Waals surface area contributed by atoms with Crippen LogP contribution in [0.1, 0.15) is 31.0 Å². The van der Waals surface area contributed by atoms with Gasteiger partial charge >= 0.3 is 5.97 Å². The Bertz CT molecular complexity index is 648. The molecule has 1 aliphatic carbocycles. The highest BCUT2D eigenvalue weighted by atomic mass is 32.2. The quantitative estimate of drug-likeness (QED) is 0.265. The summed E-state index contributed by atoms with van der Waals surface area (Å²) >= 11 is 1.43. The van der Waals surface area contributed by atoms with Crippen molar-refractivity contribution in [3.63, 3.8) is 0 Å². The third kappa shape index (κ3) is 4.18.